The quantitative estimate of drug-likeness (QED) is 0.276. The number of nitriles is 2. The molecule has 2 aromatic rings. The molecular formula is C27H36Br2FN2NaO2. The van der Waals surface area contributed by atoms with Crippen LogP contribution in [-0.2, 0) is 21.3 Å². The molecule has 1 aliphatic rings. The van der Waals surface area contributed by atoms with E-state index >= 15 is 0 Å². The van der Waals surface area contributed by atoms with Gasteiger partial charge in [0.1, 0.15) is 0 Å². The van der Waals surface area contributed by atoms with Crippen LogP contribution in [0.15, 0.2) is 48.5 Å². The van der Waals surface area contributed by atoms with E-state index in [1.54, 1.807) is 0 Å². The topological polar surface area (TPSA) is 66.0 Å². The third-order valence-corrected chi connectivity index (χ3v) is 5.66. The Morgan fingerprint density at radius 2 is 1.46 bits per heavy atom. The van der Waals surface area contributed by atoms with Crippen molar-refractivity contribution >= 4 is 31.9 Å². The molecule has 3 rings (SSSR count). The summed E-state index contributed by atoms with van der Waals surface area (Å²) >= 11 is 6.48. The van der Waals surface area contributed by atoms with Gasteiger partial charge in [-0.2, -0.15) is 10.5 Å². The Morgan fingerprint density at radius 1 is 1.00 bits per heavy atom. The van der Waals surface area contributed by atoms with Crippen molar-refractivity contribution in [3.63, 3.8) is 0 Å². The molecule has 2 aromatic carbocycles. The van der Waals surface area contributed by atoms with E-state index in [-0.39, 0.29) is 36.4 Å². The normalized spacial score (nSPS) is 13.3. The fourth-order valence-electron chi connectivity index (χ4n) is 3.07. The van der Waals surface area contributed by atoms with Gasteiger partial charge in [-0.3, -0.25) is 4.39 Å². The van der Waals surface area contributed by atoms with Crippen molar-refractivity contribution in [2.24, 2.45) is 0 Å². The van der Waals surface area contributed by atoms with Crippen LogP contribution in [0, 0.1) is 36.5 Å². The maximum absolute atomic E-state index is 9.96. The van der Waals surface area contributed by atoms with Crippen molar-refractivity contribution in [3.8, 4) is 12.1 Å². The first-order chi connectivity index (χ1) is 16.9. The van der Waals surface area contributed by atoms with Crippen LogP contribution in [-0.4, -0.2) is 44.2 Å². The van der Waals surface area contributed by atoms with Crippen LogP contribution in [0.4, 0.5) is 4.39 Å². The molecule has 1 aliphatic heterocycles. The summed E-state index contributed by atoms with van der Waals surface area (Å²) in [6.45, 7) is 7.11. The number of benzene rings is 2. The summed E-state index contributed by atoms with van der Waals surface area (Å²) in [5, 5.41) is 19.6. The Morgan fingerprint density at radius 3 is 1.86 bits per heavy atom. The van der Waals surface area contributed by atoms with Crippen LogP contribution in [0.25, 0.3) is 0 Å². The molecule has 35 heavy (non-hydrogen) atoms. The zero-order chi connectivity index (χ0) is 26.4. The molecular weight excluding hydrogens is 586 g/mol. The zero-order valence-electron chi connectivity index (χ0n) is 23.0. The summed E-state index contributed by atoms with van der Waals surface area (Å²) in [5.74, 6) is 0. The van der Waals surface area contributed by atoms with Gasteiger partial charge in [0.15, 0.2) is 0 Å². The molecule has 0 aliphatic carbocycles. The summed E-state index contributed by atoms with van der Waals surface area (Å²) in [6, 6.07) is 20.9. The molecule has 0 aromatic heterocycles. The second-order valence-electron chi connectivity index (χ2n) is 7.48. The Hall–Kier alpha value is -0.770. The van der Waals surface area contributed by atoms with E-state index in [4.69, 9.17) is 16.1 Å². The summed E-state index contributed by atoms with van der Waals surface area (Å²) in [5.41, 5.74) is 4.39. The summed E-state index contributed by atoms with van der Waals surface area (Å²) in [4.78, 5) is 0. The summed E-state index contributed by atoms with van der Waals surface area (Å²) < 4.78 is 25.9. The van der Waals surface area contributed by atoms with Gasteiger partial charge in [0, 0.05) is 23.9 Å². The smallest absolute Gasteiger partial charge is 1.00 e. The molecule has 1 saturated heterocycles. The minimum absolute atomic E-state index is 0. The van der Waals surface area contributed by atoms with Crippen molar-refractivity contribution in [2.75, 3.05) is 44.2 Å². The second-order valence-corrected chi connectivity index (χ2v) is 9.07. The first-order valence-corrected chi connectivity index (χ1v) is 13.2. The van der Waals surface area contributed by atoms with Crippen LogP contribution in [0.2, 0.25) is 0 Å². The molecule has 0 N–H and O–H groups in total. The van der Waals surface area contributed by atoms with Gasteiger partial charge in [-0.25, -0.2) is 0 Å². The molecule has 4 nitrogen and oxygen atoms in total. The van der Waals surface area contributed by atoms with Gasteiger partial charge in [-0.05, 0) is 37.8 Å². The molecule has 188 valence electrons. The number of halogens is 3. The Balaban J connectivity index is -0.000000461. The van der Waals surface area contributed by atoms with Crippen LogP contribution in [0.1, 0.15) is 37.9 Å². The maximum Gasteiger partial charge on any atom is 1.00 e. The Kier molecular flexibility index (Phi) is 23.1. The van der Waals surface area contributed by atoms with Crippen molar-refractivity contribution in [1.29, 1.82) is 10.5 Å². The maximum atomic E-state index is 9.96. The number of rotatable bonds is 6. The average Bonchev–Trinajstić information content (AvgIpc) is 2.88. The first-order valence-electron chi connectivity index (χ1n) is 11.7. The van der Waals surface area contributed by atoms with E-state index in [2.05, 4.69) is 75.2 Å². The second kappa shape index (κ2) is 23.6. The van der Waals surface area contributed by atoms with Crippen molar-refractivity contribution in [2.45, 2.75) is 38.5 Å². The van der Waals surface area contributed by atoms with Crippen molar-refractivity contribution in [3.05, 3.63) is 70.8 Å². The molecule has 0 amide bonds. The summed E-state index contributed by atoms with van der Waals surface area (Å²) in [6.07, 6.45) is 2.14. The summed E-state index contributed by atoms with van der Waals surface area (Å²) in [7, 11) is -1.00. The molecule has 0 saturated carbocycles. The number of hydrogen-bond donors (Lipinski definition) is 0. The Bertz CT molecular complexity index is 870. The average molecular weight is 623 g/mol. The minimum Gasteiger partial charge on any atom is -1.00 e. The predicted octanol–water partition coefficient (Wildman–Crippen LogP) is 4.12. The molecule has 0 unspecified atom stereocenters. The van der Waals surface area contributed by atoms with Gasteiger partial charge in [0.25, 0.3) is 0 Å². The zero-order valence-corrected chi connectivity index (χ0v) is 26.2. The van der Waals surface area contributed by atoms with Gasteiger partial charge in [-0.15, -0.1) is 0 Å². The SMILES string of the molecule is BrCCOCCBr.Cc1ccc(C2(C#N)CCOCC2)cc1.Cc1ccc(CC#N)cc1.[2H]CF.[H-].[Na+]. The van der Waals surface area contributed by atoms with E-state index in [0.717, 1.165) is 47.8 Å². The van der Waals surface area contributed by atoms with Crippen molar-refractivity contribution < 1.29 is 46.2 Å². The minimum atomic E-state index is -1.00. The van der Waals surface area contributed by atoms with Gasteiger partial charge >= 0.3 is 29.6 Å². The van der Waals surface area contributed by atoms with Crippen LogP contribution >= 0.6 is 31.9 Å². The third-order valence-electron chi connectivity index (χ3n) is 5.01. The van der Waals surface area contributed by atoms with Gasteiger partial charge in [-0.1, -0.05) is 91.5 Å². The molecule has 1 fully saturated rings. The van der Waals surface area contributed by atoms with Crippen LogP contribution in [0.5, 0.6) is 0 Å². The van der Waals surface area contributed by atoms with Crippen LogP contribution in [0.3, 0.4) is 0 Å². The number of nitrogens with zero attached hydrogens (tertiary/aromatic N) is 2. The molecule has 0 bridgehead atoms. The molecule has 0 spiro atoms. The van der Waals surface area contributed by atoms with E-state index in [0.29, 0.717) is 19.6 Å². The van der Waals surface area contributed by atoms with E-state index in [9.17, 15) is 9.65 Å². The van der Waals surface area contributed by atoms with E-state index in [1.807, 2.05) is 31.2 Å². The van der Waals surface area contributed by atoms with Crippen LogP contribution < -0.4 is 29.6 Å². The monoisotopic (exact) mass is 621 g/mol. The molecule has 1 heterocycles. The standard InChI is InChI=1S/C13H15NO.C9H9N.C4H8Br2O.CH3F.Na.H/c1-11-2-4-12(5-3-11)13(10-14)6-8-15-9-7-13;1-8-2-4-9(5-3-8)6-7-10;5-1-3-7-4-2-6;1-2;;/h2-5H,6-9H2,1H3;2-5H,6H2,1H3;1-4H2;1H3;;/q;;;;+1;-1/i;;;1D;;. The van der Waals surface area contributed by atoms with Gasteiger partial charge < -0.3 is 10.9 Å². The van der Waals surface area contributed by atoms with E-state index in [1.165, 1.54) is 11.1 Å². The predicted molar refractivity (Wildman–Crippen MR) is 146 cm³/mol. The molecule has 0 radical (unpaired) electrons. The number of hydrogen-bond acceptors (Lipinski definition) is 4. The van der Waals surface area contributed by atoms with Gasteiger partial charge in [0.2, 0.25) is 0 Å². The van der Waals surface area contributed by atoms with Crippen molar-refractivity contribution in [1.82, 2.24) is 0 Å². The number of alkyl halides is 3. The van der Waals surface area contributed by atoms with Gasteiger partial charge in [0.05, 0.1) is 45.7 Å². The fraction of sp³-hybridized carbons (Fsp3) is 0.481. The molecule has 8 heteroatoms. The van der Waals surface area contributed by atoms with E-state index < -0.39 is 7.15 Å². The molecule has 0 atom stereocenters. The number of aryl methyl sites for hydroxylation is 2. The third kappa shape index (κ3) is 15.8. The largest absolute Gasteiger partial charge is 1.00 e. The Labute approximate surface area is 252 Å². The fourth-order valence-corrected chi connectivity index (χ4v) is 3.52. The first kappa shape index (κ1) is 34.2. The number of ether oxygens (including phenoxy) is 2.